The largest absolute Gasteiger partial charge is 0.450 e. The predicted octanol–water partition coefficient (Wildman–Crippen LogP) is 5.16. The fourth-order valence-corrected chi connectivity index (χ4v) is 5.60. The first-order valence-corrected chi connectivity index (χ1v) is 11.0. The van der Waals surface area contributed by atoms with E-state index in [1.165, 1.54) is 11.3 Å². The van der Waals surface area contributed by atoms with Crippen molar-refractivity contribution in [2.24, 2.45) is 0 Å². The van der Waals surface area contributed by atoms with E-state index < -0.39 is 6.04 Å². The molecule has 1 aliphatic rings. The van der Waals surface area contributed by atoms with E-state index in [9.17, 15) is 9.59 Å². The predicted molar refractivity (Wildman–Crippen MR) is 124 cm³/mol. The van der Waals surface area contributed by atoms with Gasteiger partial charge >= 0.3 is 0 Å². The lowest BCUT2D eigenvalue weighted by atomic mass is 10.0. The van der Waals surface area contributed by atoms with Crippen LogP contribution in [0.4, 0.5) is 5.13 Å². The number of amides is 1. The number of pyridine rings is 1. The Hall–Kier alpha value is -3.84. The molecule has 7 heteroatoms. The van der Waals surface area contributed by atoms with Crippen molar-refractivity contribution in [1.29, 1.82) is 0 Å². The molecule has 0 unspecified atom stereocenters. The van der Waals surface area contributed by atoms with Crippen LogP contribution in [0.3, 0.4) is 0 Å². The average molecular weight is 439 g/mol. The zero-order chi connectivity index (χ0) is 22.0. The summed E-state index contributed by atoms with van der Waals surface area (Å²) in [4.78, 5) is 37.8. The van der Waals surface area contributed by atoms with Crippen molar-refractivity contribution in [3.63, 3.8) is 0 Å². The molecule has 0 saturated heterocycles. The Morgan fingerprint density at radius 3 is 2.72 bits per heavy atom. The second-order valence-electron chi connectivity index (χ2n) is 7.96. The first-order chi connectivity index (χ1) is 15.5. The monoisotopic (exact) mass is 439 g/mol. The number of hydrogen-bond acceptors (Lipinski definition) is 6. The molecule has 2 aromatic carbocycles. The minimum Gasteiger partial charge on any atom is -0.450 e. The van der Waals surface area contributed by atoms with Crippen LogP contribution in [0.1, 0.15) is 38.9 Å². The molecule has 0 fully saturated rings. The van der Waals surface area contributed by atoms with E-state index in [-0.39, 0.29) is 17.1 Å². The molecule has 0 saturated carbocycles. The molecule has 6 rings (SSSR count). The van der Waals surface area contributed by atoms with Crippen LogP contribution in [0.15, 0.2) is 70.1 Å². The molecule has 0 spiro atoms. The summed E-state index contributed by atoms with van der Waals surface area (Å²) in [7, 11) is 0. The summed E-state index contributed by atoms with van der Waals surface area (Å²) < 4.78 is 6.98. The Morgan fingerprint density at radius 2 is 1.91 bits per heavy atom. The number of hydrogen-bond donors (Lipinski definition) is 0. The SMILES string of the molecule is Cc1cc(C)c2nc(N3C(=O)c4oc5ccccc5c(=O)c4[C@@H]3c3cccnc3)sc2c1. The quantitative estimate of drug-likeness (QED) is 0.380. The van der Waals surface area contributed by atoms with Crippen molar-refractivity contribution in [3.05, 3.63) is 99.2 Å². The van der Waals surface area contributed by atoms with Crippen LogP contribution in [0, 0.1) is 13.8 Å². The third kappa shape index (κ3) is 2.64. The van der Waals surface area contributed by atoms with Gasteiger partial charge in [0.05, 0.1) is 27.2 Å². The highest BCUT2D eigenvalue weighted by Crippen LogP contribution is 2.43. The normalized spacial score (nSPS) is 15.6. The van der Waals surface area contributed by atoms with Crippen molar-refractivity contribution >= 4 is 43.6 Å². The summed E-state index contributed by atoms with van der Waals surface area (Å²) in [5.41, 5.74) is 4.28. The van der Waals surface area contributed by atoms with E-state index in [1.807, 2.05) is 19.9 Å². The van der Waals surface area contributed by atoms with Gasteiger partial charge in [-0.25, -0.2) is 4.98 Å². The number of aryl methyl sites for hydroxylation is 2. The molecule has 1 atom stereocenters. The summed E-state index contributed by atoms with van der Waals surface area (Å²) in [6.45, 7) is 4.05. The summed E-state index contributed by atoms with van der Waals surface area (Å²) in [6.07, 6.45) is 3.34. The molecule has 1 aliphatic heterocycles. The van der Waals surface area contributed by atoms with Crippen molar-refractivity contribution < 1.29 is 9.21 Å². The fraction of sp³-hybridized carbons (Fsp3) is 0.120. The highest BCUT2D eigenvalue weighted by Gasteiger charge is 2.45. The Balaban J connectivity index is 1.65. The van der Waals surface area contributed by atoms with Crippen LogP contribution in [0.2, 0.25) is 0 Å². The molecule has 32 heavy (non-hydrogen) atoms. The Bertz CT molecular complexity index is 1600. The van der Waals surface area contributed by atoms with Gasteiger partial charge in [0.2, 0.25) is 5.76 Å². The van der Waals surface area contributed by atoms with E-state index in [0.29, 0.717) is 21.7 Å². The maximum Gasteiger partial charge on any atom is 0.297 e. The molecule has 5 aromatic rings. The van der Waals surface area contributed by atoms with Crippen molar-refractivity contribution in [1.82, 2.24) is 9.97 Å². The number of para-hydroxylation sites is 1. The molecular formula is C25H17N3O3S. The molecule has 0 N–H and O–H groups in total. The zero-order valence-corrected chi connectivity index (χ0v) is 18.1. The summed E-state index contributed by atoms with van der Waals surface area (Å²) in [6, 6.07) is 14.1. The van der Waals surface area contributed by atoms with Gasteiger partial charge < -0.3 is 4.42 Å². The molecule has 156 valence electrons. The third-order valence-electron chi connectivity index (χ3n) is 5.80. The summed E-state index contributed by atoms with van der Waals surface area (Å²) in [5.74, 6) is -0.306. The van der Waals surface area contributed by atoms with E-state index in [4.69, 9.17) is 9.40 Å². The van der Waals surface area contributed by atoms with Gasteiger partial charge in [0.25, 0.3) is 5.91 Å². The molecular weight excluding hydrogens is 422 g/mol. The first kappa shape index (κ1) is 18.9. The summed E-state index contributed by atoms with van der Waals surface area (Å²) in [5, 5.41) is 0.980. The van der Waals surface area contributed by atoms with Crippen LogP contribution in [0.25, 0.3) is 21.2 Å². The van der Waals surface area contributed by atoms with Crippen LogP contribution < -0.4 is 10.3 Å². The minimum absolute atomic E-state index is 0.0645. The smallest absolute Gasteiger partial charge is 0.297 e. The van der Waals surface area contributed by atoms with Crippen molar-refractivity contribution in [3.8, 4) is 0 Å². The lowest BCUT2D eigenvalue weighted by Crippen LogP contribution is -2.29. The molecule has 3 aromatic heterocycles. The zero-order valence-electron chi connectivity index (χ0n) is 17.3. The van der Waals surface area contributed by atoms with Gasteiger partial charge in [-0.3, -0.25) is 19.5 Å². The van der Waals surface area contributed by atoms with Gasteiger partial charge in [0.1, 0.15) is 5.58 Å². The number of carbonyl (C=O) groups excluding carboxylic acids is 1. The van der Waals surface area contributed by atoms with Gasteiger partial charge in [-0.05, 0) is 54.8 Å². The van der Waals surface area contributed by atoms with E-state index in [0.717, 1.165) is 26.9 Å². The molecule has 1 amide bonds. The minimum atomic E-state index is -0.658. The van der Waals surface area contributed by atoms with Gasteiger partial charge in [-0.2, -0.15) is 0 Å². The molecule has 0 bridgehead atoms. The molecule has 4 heterocycles. The number of carbonyl (C=O) groups is 1. The van der Waals surface area contributed by atoms with Crippen LogP contribution >= 0.6 is 11.3 Å². The van der Waals surface area contributed by atoms with Crippen LogP contribution in [-0.4, -0.2) is 15.9 Å². The van der Waals surface area contributed by atoms with E-state index in [2.05, 4.69) is 17.1 Å². The van der Waals surface area contributed by atoms with Gasteiger partial charge in [0.15, 0.2) is 10.6 Å². The highest BCUT2D eigenvalue weighted by atomic mass is 32.1. The second-order valence-corrected chi connectivity index (χ2v) is 8.97. The van der Waals surface area contributed by atoms with Gasteiger partial charge in [0, 0.05) is 12.4 Å². The highest BCUT2D eigenvalue weighted by molar-refractivity contribution is 7.22. The standard InChI is InChI=1S/C25H17N3O3S/c1-13-10-14(2)20-18(11-13)32-25(27-20)28-21(15-6-5-9-26-12-15)19-22(29)16-7-3-4-8-17(16)31-23(19)24(28)30/h3-12,21H,1-2H3/t21-/m0/s1. The number of thiazole rings is 1. The first-order valence-electron chi connectivity index (χ1n) is 10.2. The maximum atomic E-state index is 13.6. The van der Waals surface area contributed by atoms with Crippen LogP contribution in [0.5, 0.6) is 0 Å². The van der Waals surface area contributed by atoms with Crippen LogP contribution in [-0.2, 0) is 0 Å². The number of benzene rings is 2. The Kier molecular flexibility index (Phi) is 4.03. The topological polar surface area (TPSA) is 76.3 Å². The molecule has 0 radical (unpaired) electrons. The lowest BCUT2D eigenvalue weighted by Gasteiger charge is -2.22. The summed E-state index contributed by atoms with van der Waals surface area (Å²) >= 11 is 1.44. The fourth-order valence-electron chi connectivity index (χ4n) is 4.43. The van der Waals surface area contributed by atoms with Crippen molar-refractivity contribution in [2.45, 2.75) is 19.9 Å². The van der Waals surface area contributed by atoms with Gasteiger partial charge in [-0.1, -0.05) is 35.6 Å². The molecule has 0 aliphatic carbocycles. The lowest BCUT2D eigenvalue weighted by molar-refractivity contribution is 0.0971. The number of fused-ring (bicyclic) bond motifs is 3. The third-order valence-corrected chi connectivity index (χ3v) is 6.80. The van der Waals surface area contributed by atoms with Crippen molar-refractivity contribution in [2.75, 3.05) is 4.90 Å². The maximum absolute atomic E-state index is 13.6. The number of nitrogens with zero attached hydrogens (tertiary/aromatic N) is 3. The molecule has 6 nitrogen and oxygen atoms in total. The number of anilines is 1. The number of rotatable bonds is 2. The Labute approximate surface area is 186 Å². The van der Waals surface area contributed by atoms with Gasteiger partial charge in [-0.15, -0.1) is 0 Å². The van der Waals surface area contributed by atoms with E-state index in [1.54, 1.807) is 47.6 Å². The van der Waals surface area contributed by atoms with E-state index >= 15 is 0 Å². The Morgan fingerprint density at radius 1 is 1.06 bits per heavy atom. The number of aromatic nitrogens is 2. The average Bonchev–Trinajstić information content (AvgIpc) is 3.34. The second kappa shape index (κ2) is 6.83.